The van der Waals surface area contributed by atoms with Crippen molar-refractivity contribution in [2.75, 3.05) is 0 Å². The van der Waals surface area contributed by atoms with E-state index >= 15 is 0 Å². The van der Waals surface area contributed by atoms with Gasteiger partial charge in [-0.3, -0.25) is 4.57 Å². The van der Waals surface area contributed by atoms with Gasteiger partial charge in [0.2, 0.25) is 0 Å². The maximum absolute atomic E-state index is 8.77. The second-order valence-electron chi connectivity index (χ2n) is 4.17. The molecular formula is C12H27KNaO4P. The molecule has 0 unspecified atom stereocenters. The minimum Gasteiger partial charge on any atom is -0.756 e. The van der Waals surface area contributed by atoms with E-state index in [0.29, 0.717) is 0 Å². The molecule has 0 radical (unpaired) electrons. The van der Waals surface area contributed by atoms with Gasteiger partial charge in [-0.25, -0.2) is 0 Å². The fraction of sp³-hybridized carbons (Fsp3) is 0.917. The molecule has 0 saturated heterocycles. The van der Waals surface area contributed by atoms with Crippen LogP contribution in [-0.4, -0.2) is 9.79 Å². The Bertz CT molecular complexity index is 172. The zero-order valence-electron chi connectivity index (χ0n) is 12.9. The summed E-state index contributed by atoms with van der Waals surface area (Å²) in [6.45, 7) is 6.12. The van der Waals surface area contributed by atoms with Crippen LogP contribution < -0.4 is 85.8 Å². The largest absolute Gasteiger partial charge is 1.00 e. The van der Waals surface area contributed by atoms with Crippen molar-refractivity contribution in [3.05, 3.63) is 6.92 Å². The SMILES string of the molecule is O=P([O-])(O)O.[CH2-]CCCCCCCCCCC.[K+].[Na+]. The van der Waals surface area contributed by atoms with Crippen molar-refractivity contribution in [3.8, 4) is 0 Å². The average molecular weight is 328 g/mol. The van der Waals surface area contributed by atoms with E-state index in [-0.39, 0.29) is 80.9 Å². The Morgan fingerprint density at radius 2 is 1.21 bits per heavy atom. The monoisotopic (exact) mass is 328 g/mol. The van der Waals surface area contributed by atoms with Gasteiger partial charge in [0, 0.05) is 0 Å². The van der Waals surface area contributed by atoms with Crippen LogP contribution in [0.4, 0.5) is 0 Å². The molecule has 0 spiro atoms. The molecule has 2 N–H and O–H groups in total. The Morgan fingerprint density at radius 3 is 1.47 bits per heavy atom. The molecule has 0 atom stereocenters. The summed E-state index contributed by atoms with van der Waals surface area (Å²) >= 11 is 0. The molecule has 0 aromatic rings. The first-order valence-electron chi connectivity index (χ1n) is 6.47. The summed E-state index contributed by atoms with van der Waals surface area (Å²) < 4.78 is 8.77. The number of rotatable bonds is 9. The van der Waals surface area contributed by atoms with Crippen molar-refractivity contribution in [1.29, 1.82) is 0 Å². The van der Waals surface area contributed by atoms with Crippen LogP contribution >= 0.6 is 7.82 Å². The Morgan fingerprint density at radius 1 is 0.947 bits per heavy atom. The second-order valence-corrected chi connectivity index (χ2v) is 5.15. The molecule has 0 aliphatic rings. The van der Waals surface area contributed by atoms with E-state index in [0.717, 1.165) is 6.42 Å². The first kappa shape index (κ1) is 29.7. The zero-order chi connectivity index (χ0) is 13.6. The third-order valence-electron chi connectivity index (χ3n) is 2.35. The van der Waals surface area contributed by atoms with E-state index in [2.05, 4.69) is 13.8 Å². The maximum atomic E-state index is 8.77. The van der Waals surface area contributed by atoms with Crippen molar-refractivity contribution >= 4 is 7.82 Å². The average Bonchev–Trinajstić information content (AvgIpc) is 2.20. The van der Waals surface area contributed by atoms with E-state index < -0.39 is 7.82 Å². The van der Waals surface area contributed by atoms with Gasteiger partial charge in [0.25, 0.3) is 7.82 Å². The van der Waals surface area contributed by atoms with Gasteiger partial charge < -0.3 is 21.6 Å². The standard InChI is InChI=1S/C12H25.K.Na.H3O4P/c1-3-5-7-9-11-12-10-8-6-4-2;;;1-5(2,3)4/h1,3-12H2,2H3;;;(H3,1,2,3,4)/q-1;2*+1;/p-1. The molecule has 4 nitrogen and oxygen atoms in total. The second kappa shape index (κ2) is 23.0. The smallest absolute Gasteiger partial charge is 0.756 e. The molecule has 0 saturated carbocycles. The third kappa shape index (κ3) is 52.8. The van der Waals surface area contributed by atoms with Gasteiger partial charge in [-0.1, -0.05) is 64.7 Å². The Labute approximate surface area is 183 Å². The van der Waals surface area contributed by atoms with Gasteiger partial charge >= 0.3 is 80.9 Å². The van der Waals surface area contributed by atoms with Gasteiger partial charge in [0.05, 0.1) is 0 Å². The fourth-order valence-electron chi connectivity index (χ4n) is 1.49. The molecule has 7 heteroatoms. The predicted octanol–water partition coefficient (Wildman–Crippen LogP) is -2.81. The third-order valence-corrected chi connectivity index (χ3v) is 2.35. The minimum atomic E-state index is -4.89. The van der Waals surface area contributed by atoms with Gasteiger partial charge in [-0.05, 0) is 0 Å². The van der Waals surface area contributed by atoms with Crippen molar-refractivity contribution in [2.24, 2.45) is 0 Å². The molecule has 106 valence electrons. The van der Waals surface area contributed by atoms with Gasteiger partial charge in [0.1, 0.15) is 0 Å². The summed E-state index contributed by atoms with van der Waals surface area (Å²) in [5, 5.41) is 0. The zero-order valence-corrected chi connectivity index (χ0v) is 19.0. The first-order chi connectivity index (χ1) is 7.91. The van der Waals surface area contributed by atoms with E-state index in [1.165, 1.54) is 57.8 Å². The predicted molar refractivity (Wildman–Crippen MR) is 69.2 cm³/mol. The molecule has 0 bridgehead atoms. The number of hydrogen-bond donors (Lipinski definition) is 2. The van der Waals surface area contributed by atoms with Crippen molar-refractivity contribution in [3.63, 3.8) is 0 Å². The van der Waals surface area contributed by atoms with Crippen LogP contribution in [0.3, 0.4) is 0 Å². The molecule has 0 aliphatic carbocycles. The molecule has 0 aromatic heterocycles. The Hall–Kier alpha value is 2.75. The van der Waals surface area contributed by atoms with E-state index in [1.54, 1.807) is 0 Å². The van der Waals surface area contributed by atoms with Crippen molar-refractivity contribution < 1.29 is 100 Å². The summed E-state index contributed by atoms with van der Waals surface area (Å²) in [6.07, 6.45) is 13.9. The summed E-state index contributed by atoms with van der Waals surface area (Å²) in [6, 6.07) is 0. The molecule has 19 heavy (non-hydrogen) atoms. The van der Waals surface area contributed by atoms with Gasteiger partial charge in [-0.15, -0.1) is 0 Å². The first-order valence-corrected chi connectivity index (χ1v) is 8.00. The van der Waals surface area contributed by atoms with Crippen LogP contribution in [0.15, 0.2) is 0 Å². The molecule has 0 heterocycles. The molecule has 0 amide bonds. The van der Waals surface area contributed by atoms with Crippen LogP contribution in [0.2, 0.25) is 0 Å². The van der Waals surface area contributed by atoms with Crippen LogP contribution in [0.1, 0.15) is 71.1 Å². The summed E-state index contributed by atoms with van der Waals surface area (Å²) in [7, 11) is -4.89. The van der Waals surface area contributed by atoms with Crippen LogP contribution in [0, 0.1) is 6.92 Å². The van der Waals surface area contributed by atoms with Crippen molar-refractivity contribution in [2.45, 2.75) is 71.1 Å². The topological polar surface area (TPSA) is 80.6 Å². The molecule has 0 fully saturated rings. The summed E-state index contributed by atoms with van der Waals surface area (Å²) in [5.41, 5.74) is 0. The Kier molecular flexibility index (Phi) is 36.0. The molecule has 0 aromatic carbocycles. The number of phosphoric acid groups is 1. The van der Waals surface area contributed by atoms with E-state index in [1.807, 2.05) is 0 Å². The van der Waals surface area contributed by atoms with E-state index in [4.69, 9.17) is 19.2 Å². The maximum Gasteiger partial charge on any atom is 1.00 e. The van der Waals surface area contributed by atoms with Crippen molar-refractivity contribution in [1.82, 2.24) is 0 Å². The van der Waals surface area contributed by atoms with E-state index in [9.17, 15) is 0 Å². The van der Waals surface area contributed by atoms with Gasteiger partial charge in [0.15, 0.2) is 0 Å². The summed E-state index contributed by atoms with van der Waals surface area (Å²) in [4.78, 5) is 22.9. The number of hydrogen-bond acceptors (Lipinski definition) is 2. The van der Waals surface area contributed by atoms with Crippen LogP contribution in [0.25, 0.3) is 0 Å². The molecule has 0 rings (SSSR count). The normalized spacial score (nSPS) is 9.74. The Balaban J connectivity index is -0.000000139. The molecule has 0 aliphatic heterocycles. The fourth-order valence-corrected chi connectivity index (χ4v) is 1.49. The quantitative estimate of drug-likeness (QED) is 0.207. The summed E-state index contributed by atoms with van der Waals surface area (Å²) in [5.74, 6) is 0. The molecular weight excluding hydrogens is 301 g/mol. The minimum absolute atomic E-state index is 0. The number of unbranched alkanes of at least 4 members (excludes halogenated alkanes) is 9. The van der Waals surface area contributed by atoms with Gasteiger partial charge in [-0.2, -0.15) is 6.42 Å². The van der Waals surface area contributed by atoms with Crippen LogP contribution in [0.5, 0.6) is 0 Å². The van der Waals surface area contributed by atoms with Crippen LogP contribution in [-0.2, 0) is 4.57 Å².